The highest BCUT2D eigenvalue weighted by atomic mass is 19.1. The van der Waals surface area contributed by atoms with Gasteiger partial charge < -0.3 is 19.5 Å². The van der Waals surface area contributed by atoms with Gasteiger partial charge >= 0.3 is 0 Å². The van der Waals surface area contributed by atoms with Crippen LogP contribution in [0.25, 0.3) is 0 Å². The summed E-state index contributed by atoms with van der Waals surface area (Å²) in [6, 6.07) is 5.45. The third kappa shape index (κ3) is 3.64. The summed E-state index contributed by atoms with van der Waals surface area (Å²) in [6.07, 6.45) is 3.17. The van der Waals surface area contributed by atoms with Crippen molar-refractivity contribution in [2.75, 3.05) is 13.2 Å². The first kappa shape index (κ1) is 17.2. The fourth-order valence-electron chi connectivity index (χ4n) is 3.47. The lowest BCUT2D eigenvalue weighted by Gasteiger charge is -2.39. The molecule has 2 atom stereocenters. The Kier molecular flexibility index (Phi) is 4.74. The molecule has 2 aliphatic heterocycles. The molecule has 1 N–H and O–H groups in total. The van der Waals surface area contributed by atoms with E-state index in [1.807, 2.05) is 13.8 Å². The van der Waals surface area contributed by atoms with Gasteiger partial charge in [-0.25, -0.2) is 14.4 Å². The van der Waals surface area contributed by atoms with Crippen molar-refractivity contribution in [3.05, 3.63) is 41.5 Å². The maximum absolute atomic E-state index is 14.1. The fourth-order valence-corrected chi connectivity index (χ4v) is 3.47. The van der Waals surface area contributed by atoms with Crippen molar-refractivity contribution in [3.63, 3.8) is 0 Å². The normalized spacial score (nSPS) is 25.0. The zero-order chi connectivity index (χ0) is 18.1. The minimum atomic E-state index is -0.420. The van der Waals surface area contributed by atoms with Gasteiger partial charge in [0.2, 0.25) is 11.8 Å². The van der Waals surface area contributed by atoms with Crippen LogP contribution in [0.2, 0.25) is 0 Å². The van der Waals surface area contributed by atoms with Crippen LogP contribution in [0, 0.1) is 19.7 Å². The fraction of sp³-hybridized carbons (Fsp3) is 0.474. The quantitative estimate of drug-likeness (QED) is 0.906. The summed E-state index contributed by atoms with van der Waals surface area (Å²) >= 11 is 0. The van der Waals surface area contributed by atoms with Crippen LogP contribution in [-0.2, 0) is 4.74 Å². The van der Waals surface area contributed by atoms with E-state index >= 15 is 0 Å². The van der Waals surface area contributed by atoms with E-state index in [-0.39, 0.29) is 11.9 Å². The van der Waals surface area contributed by atoms with Crippen LogP contribution >= 0.6 is 0 Å². The lowest BCUT2D eigenvalue weighted by atomic mass is 9.95. The number of halogens is 1. The minimum absolute atomic E-state index is 0.0627. The van der Waals surface area contributed by atoms with Crippen LogP contribution in [0.5, 0.6) is 17.5 Å². The second kappa shape index (κ2) is 7.17. The first-order chi connectivity index (χ1) is 12.6. The zero-order valence-electron chi connectivity index (χ0n) is 14.9. The van der Waals surface area contributed by atoms with Crippen LogP contribution in [0.15, 0.2) is 24.5 Å². The number of benzene rings is 1. The topological polar surface area (TPSA) is 65.5 Å². The molecular formula is C19H22FN3O3. The predicted molar refractivity (Wildman–Crippen MR) is 93.2 cm³/mol. The Morgan fingerprint density at radius 2 is 1.85 bits per heavy atom. The SMILES string of the molecule is Cc1ccc(Oc2ncnc(OC3CC4COCC(C3)N4)c2C)c(F)c1. The lowest BCUT2D eigenvalue weighted by molar-refractivity contribution is -0.0134. The van der Waals surface area contributed by atoms with Crippen molar-refractivity contribution >= 4 is 0 Å². The number of hydrogen-bond acceptors (Lipinski definition) is 6. The maximum atomic E-state index is 14.1. The summed E-state index contributed by atoms with van der Waals surface area (Å²) in [4.78, 5) is 8.38. The number of nitrogens with zero attached hydrogens (tertiary/aromatic N) is 2. The second-order valence-corrected chi connectivity index (χ2v) is 6.95. The number of ether oxygens (including phenoxy) is 3. The molecule has 2 unspecified atom stereocenters. The standard InChI is InChI=1S/C19H22FN3O3/c1-11-3-4-17(16(20)5-11)26-19-12(2)18(21-10-22-19)25-15-6-13-8-24-9-14(7-15)23-13/h3-5,10,13-15,23H,6-9H2,1-2H3. The van der Waals surface area contributed by atoms with Crippen LogP contribution in [0.1, 0.15) is 24.0 Å². The van der Waals surface area contributed by atoms with Crippen molar-refractivity contribution in [3.8, 4) is 17.5 Å². The Morgan fingerprint density at radius 1 is 1.12 bits per heavy atom. The highest BCUT2D eigenvalue weighted by Gasteiger charge is 2.33. The first-order valence-corrected chi connectivity index (χ1v) is 8.84. The van der Waals surface area contributed by atoms with Gasteiger partial charge in [-0.2, -0.15) is 0 Å². The molecule has 2 aromatic rings. The largest absolute Gasteiger partial charge is 0.474 e. The first-order valence-electron chi connectivity index (χ1n) is 8.84. The molecule has 26 heavy (non-hydrogen) atoms. The summed E-state index contributed by atoms with van der Waals surface area (Å²) in [5, 5.41) is 3.53. The number of fused-ring (bicyclic) bond motifs is 2. The summed E-state index contributed by atoms with van der Waals surface area (Å²) in [6.45, 7) is 5.07. The Hall–Kier alpha value is -2.25. The Labute approximate surface area is 151 Å². The van der Waals surface area contributed by atoms with Gasteiger partial charge in [0.15, 0.2) is 11.6 Å². The van der Waals surface area contributed by atoms with Crippen molar-refractivity contribution in [2.24, 2.45) is 0 Å². The molecule has 6 nitrogen and oxygen atoms in total. The predicted octanol–water partition coefficient (Wildman–Crippen LogP) is 2.92. The average Bonchev–Trinajstić information content (AvgIpc) is 2.60. The van der Waals surface area contributed by atoms with Gasteiger partial charge in [-0.1, -0.05) is 6.07 Å². The summed E-state index contributed by atoms with van der Waals surface area (Å²) in [5.41, 5.74) is 1.49. The number of rotatable bonds is 4. The molecule has 2 saturated heterocycles. The maximum Gasteiger partial charge on any atom is 0.229 e. The monoisotopic (exact) mass is 359 g/mol. The molecule has 7 heteroatoms. The number of nitrogens with one attached hydrogen (secondary N) is 1. The van der Waals surface area contributed by atoms with E-state index in [2.05, 4.69) is 15.3 Å². The summed E-state index contributed by atoms with van der Waals surface area (Å²) in [5.74, 6) is 0.497. The van der Waals surface area contributed by atoms with E-state index in [0.717, 1.165) is 18.4 Å². The molecule has 0 amide bonds. The summed E-state index contributed by atoms with van der Waals surface area (Å²) < 4.78 is 31.4. The van der Waals surface area contributed by atoms with E-state index in [4.69, 9.17) is 14.2 Å². The van der Waals surface area contributed by atoms with Gasteiger partial charge in [0.25, 0.3) is 0 Å². The highest BCUT2D eigenvalue weighted by Crippen LogP contribution is 2.31. The average molecular weight is 359 g/mol. The number of piperidine rings is 1. The van der Waals surface area contributed by atoms with E-state index in [1.54, 1.807) is 12.1 Å². The van der Waals surface area contributed by atoms with Gasteiger partial charge in [-0.05, 0) is 31.5 Å². The molecular weight excluding hydrogens is 337 g/mol. The number of aryl methyl sites for hydroxylation is 1. The molecule has 4 rings (SSSR count). The van der Waals surface area contributed by atoms with Gasteiger partial charge in [-0.15, -0.1) is 0 Å². The molecule has 0 aliphatic carbocycles. The van der Waals surface area contributed by atoms with Crippen LogP contribution in [-0.4, -0.2) is 41.4 Å². The van der Waals surface area contributed by atoms with E-state index < -0.39 is 5.82 Å². The van der Waals surface area contributed by atoms with Crippen molar-refractivity contribution < 1.29 is 18.6 Å². The van der Waals surface area contributed by atoms with E-state index in [0.29, 0.717) is 42.6 Å². The van der Waals surface area contributed by atoms with E-state index in [9.17, 15) is 4.39 Å². The Balaban J connectivity index is 1.50. The van der Waals surface area contributed by atoms with Crippen LogP contribution < -0.4 is 14.8 Å². The molecule has 0 saturated carbocycles. The minimum Gasteiger partial charge on any atom is -0.474 e. The Bertz CT molecular complexity index is 790. The molecule has 138 valence electrons. The second-order valence-electron chi connectivity index (χ2n) is 6.95. The number of morpholine rings is 1. The molecule has 2 fully saturated rings. The summed E-state index contributed by atoms with van der Waals surface area (Å²) in [7, 11) is 0. The zero-order valence-corrected chi connectivity index (χ0v) is 14.9. The van der Waals surface area contributed by atoms with Crippen molar-refractivity contribution in [1.82, 2.24) is 15.3 Å². The molecule has 0 radical (unpaired) electrons. The smallest absolute Gasteiger partial charge is 0.229 e. The van der Waals surface area contributed by atoms with Crippen molar-refractivity contribution in [2.45, 2.75) is 44.9 Å². The molecule has 2 aliphatic rings. The molecule has 0 spiro atoms. The van der Waals surface area contributed by atoms with Gasteiger partial charge in [0.1, 0.15) is 12.4 Å². The molecule has 2 bridgehead atoms. The van der Waals surface area contributed by atoms with Gasteiger partial charge in [0.05, 0.1) is 18.8 Å². The Morgan fingerprint density at radius 3 is 2.58 bits per heavy atom. The number of aromatic nitrogens is 2. The van der Waals surface area contributed by atoms with Crippen molar-refractivity contribution in [1.29, 1.82) is 0 Å². The third-order valence-electron chi connectivity index (χ3n) is 4.77. The number of hydrogen-bond donors (Lipinski definition) is 1. The molecule has 1 aromatic heterocycles. The van der Waals surface area contributed by atoms with Gasteiger partial charge in [-0.3, -0.25) is 0 Å². The van der Waals surface area contributed by atoms with Crippen LogP contribution in [0.4, 0.5) is 4.39 Å². The molecule has 3 heterocycles. The molecule has 1 aromatic carbocycles. The van der Waals surface area contributed by atoms with Crippen LogP contribution in [0.3, 0.4) is 0 Å². The van der Waals surface area contributed by atoms with Gasteiger partial charge in [0, 0.05) is 24.9 Å². The van der Waals surface area contributed by atoms with E-state index in [1.165, 1.54) is 12.4 Å². The third-order valence-corrected chi connectivity index (χ3v) is 4.77. The highest BCUT2D eigenvalue weighted by molar-refractivity contribution is 5.38. The lowest BCUT2D eigenvalue weighted by Crippen LogP contribution is -2.56.